The van der Waals surface area contributed by atoms with Gasteiger partial charge in [-0.2, -0.15) is 8.78 Å². The molecule has 0 saturated carbocycles. The van der Waals surface area contributed by atoms with E-state index < -0.39 is 54.2 Å². The molecule has 35 heavy (non-hydrogen) atoms. The number of hydrogen-bond acceptors (Lipinski definition) is 8. The maximum atomic E-state index is 12.8. The van der Waals surface area contributed by atoms with Crippen LogP contribution >= 0.6 is 11.8 Å². The fourth-order valence-corrected chi connectivity index (χ4v) is 6.51. The molecule has 3 rings (SSSR count). The van der Waals surface area contributed by atoms with Gasteiger partial charge in [0.25, 0.3) is 5.91 Å². The minimum atomic E-state index is -3.22. The maximum absolute atomic E-state index is 12.8. The third-order valence-corrected chi connectivity index (χ3v) is 8.14. The van der Waals surface area contributed by atoms with E-state index in [1.807, 2.05) is 0 Å². The van der Waals surface area contributed by atoms with Crippen LogP contribution in [0.5, 0.6) is 0 Å². The number of carbonyl (C=O) groups is 4. The van der Waals surface area contributed by atoms with Crippen molar-refractivity contribution >= 4 is 35.5 Å². The Balaban J connectivity index is 1.71. The second-order valence-electron chi connectivity index (χ2n) is 8.84. The second kappa shape index (κ2) is 11.2. The number of alkyl halides is 2. The fraction of sp³-hybridized carbons (Fsp3) is 0.714. The van der Waals surface area contributed by atoms with E-state index in [1.165, 1.54) is 28.5 Å². The summed E-state index contributed by atoms with van der Waals surface area (Å²) in [4.78, 5) is 52.0. The van der Waals surface area contributed by atoms with E-state index in [1.54, 1.807) is 6.92 Å². The fourth-order valence-electron chi connectivity index (χ4n) is 5.03. The zero-order chi connectivity index (χ0) is 26.0. The lowest BCUT2D eigenvalue weighted by Gasteiger charge is -2.47. The van der Waals surface area contributed by atoms with E-state index in [0.717, 1.165) is 0 Å². The maximum Gasteiger partial charge on any atom is 0.353 e. The average Bonchev–Trinajstić information content (AvgIpc) is 3.35. The molecule has 11 nitrogen and oxygen atoms in total. The largest absolute Gasteiger partial charge is 0.477 e. The highest BCUT2D eigenvalue weighted by atomic mass is 32.2. The predicted molar refractivity (Wildman–Crippen MR) is 120 cm³/mol. The molecular formula is C21H30F2N4O7S. The number of aliphatic hydroxyl groups excluding tert-OH is 2. The highest BCUT2D eigenvalue weighted by Crippen LogP contribution is 2.51. The smallest absolute Gasteiger partial charge is 0.353 e. The van der Waals surface area contributed by atoms with Crippen molar-refractivity contribution in [1.82, 2.24) is 20.4 Å². The number of amides is 3. The van der Waals surface area contributed by atoms with Crippen molar-refractivity contribution in [2.24, 2.45) is 11.8 Å². The molecule has 0 aliphatic carbocycles. The van der Waals surface area contributed by atoms with E-state index in [2.05, 4.69) is 10.6 Å². The molecule has 2 saturated heterocycles. The van der Waals surface area contributed by atoms with Gasteiger partial charge >= 0.3 is 12.4 Å². The molecule has 3 heterocycles. The molecule has 3 aliphatic heterocycles. The van der Waals surface area contributed by atoms with Crippen LogP contribution in [0.25, 0.3) is 0 Å². The molecule has 0 spiro atoms. The summed E-state index contributed by atoms with van der Waals surface area (Å²) >= 11 is 1.27. The standard InChI is InChI=1S/C21H30F2N4O7S/c1-9-14-13(10(2)25-18(30)17(22)23)20(32)27(14)15(21(33)34)16(9)35-11-7-12(24-8-11)19(31)26(3-5-28)4-6-29/h9-14,17,24,28-29H,3-8H2,1-2H3,(H,25,30)(H,33,34)/t9-,10?,11+,12+,13-,14-/m1/s1. The number of carboxylic acid groups (broad SMARTS) is 1. The molecule has 0 aromatic heterocycles. The Morgan fingerprint density at radius 1 is 1.26 bits per heavy atom. The second-order valence-corrected chi connectivity index (χ2v) is 10.2. The SMILES string of the molecule is CC(NC(=O)C(F)F)[C@H]1C(=O)N2C(C(=O)O)=C(S[C@@H]3CN[C@H](C(=O)N(CCO)CCO)C3)[C@H](C)[C@H]12. The van der Waals surface area contributed by atoms with Gasteiger partial charge in [0.15, 0.2) is 0 Å². The van der Waals surface area contributed by atoms with Crippen molar-refractivity contribution < 1.29 is 43.3 Å². The zero-order valence-corrected chi connectivity index (χ0v) is 20.1. The molecule has 0 aromatic carbocycles. The summed E-state index contributed by atoms with van der Waals surface area (Å²) in [6.45, 7) is 3.28. The first-order valence-corrected chi connectivity index (χ1v) is 12.2. The van der Waals surface area contributed by atoms with Crippen LogP contribution in [0.15, 0.2) is 10.6 Å². The Morgan fingerprint density at radius 2 is 1.89 bits per heavy atom. The molecule has 14 heteroatoms. The summed E-state index contributed by atoms with van der Waals surface area (Å²) in [7, 11) is 0. The molecule has 0 bridgehead atoms. The molecule has 0 aromatic rings. The number of β-lactam (4-membered cyclic amide) rings is 1. The normalized spacial score (nSPS) is 28.7. The number of hydrogen-bond donors (Lipinski definition) is 5. The van der Waals surface area contributed by atoms with Crippen LogP contribution in [0, 0.1) is 11.8 Å². The molecule has 196 valence electrons. The Morgan fingerprint density at radius 3 is 2.43 bits per heavy atom. The van der Waals surface area contributed by atoms with Gasteiger partial charge in [0.2, 0.25) is 11.8 Å². The van der Waals surface area contributed by atoms with E-state index in [0.29, 0.717) is 17.9 Å². The van der Waals surface area contributed by atoms with Gasteiger partial charge in [-0.05, 0) is 13.3 Å². The van der Waals surface area contributed by atoms with Crippen LogP contribution in [-0.4, -0.2) is 111 Å². The molecule has 1 unspecified atom stereocenters. The number of aliphatic carboxylic acids is 1. The summed E-state index contributed by atoms with van der Waals surface area (Å²) in [5.41, 5.74) is -0.155. The number of carboxylic acids is 1. The Labute approximate surface area is 204 Å². The Bertz CT molecular complexity index is 899. The van der Waals surface area contributed by atoms with Gasteiger partial charge in [-0.1, -0.05) is 6.92 Å². The van der Waals surface area contributed by atoms with Crippen LogP contribution in [0.2, 0.25) is 0 Å². The highest BCUT2D eigenvalue weighted by molar-refractivity contribution is 8.03. The van der Waals surface area contributed by atoms with E-state index in [-0.39, 0.29) is 43.2 Å². The van der Waals surface area contributed by atoms with E-state index in [4.69, 9.17) is 10.2 Å². The Hall–Kier alpha value is -2.29. The number of aliphatic hydroxyl groups is 2. The molecule has 2 fully saturated rings. The first-order valence-electron chi connectivity index (χ1n) is 11.3. The number of thioether (sulfide) groups is 1. The lowest BCUT2D eigenvalue weighted by atomic mass is 9.78. The zero-order valence-electron chi connectivity index (χ0n) is 19.3. The van der Waals surface area contributed by atoms with Crippen LogP contribution in [-0.2, 0) is 19.2 Å². The molecule has 6 atom stereocenters. The number of rotatable bonds is 11. The lowest BCUT2D eigenvalue weighted by molar-refractivity contribution is -0.159. The third kappa shape index (κ3) is 5.29. The van der Waals surface area contributed by atoms with E-state index in [9.17, 15) is 33.1 Å². The van der Waals surface area contributed by atoms with Crippen LogP contribution in [0.4, 0.5) is 8.78 Å². The van der Waals surface area contributed by atoms with Crippen LogP contribution in [0.3, 0.4) is 0 Å². The summed E-state index contributed by atoms with van der Waals surface area (Å²) in [6, 6.07) is -2.04. The van der Waals surface area contributed by atoms with Crippen molar-refractivity contribution in [3.05, 3.63) is 10.6 Å². The van der Waals surface area contributed by atoms with Crippen LogP contribution < -0.4 is 10.6 Å². The van der Waals surface area contributed by atoms with Crippen molar-refractivity contribution in [2.45, 2.75) is 50.1 Å². The number of carbonyl (C=O) groups excluding carboxylic acids is 3. The van der Waals surface area contributed by atoms with Gasteiger partial charge in [0.05, 0.1) is 31.2 Å². The van der Waals surface area contributed by atoms with Gasteiger partial charge in [0, 0.05) is 41.7 Å². The average molecular weight is 521 g/mol. The summed E-state index contributed by atoms with van der Waals surface area (Å²) in [5, 5.41) is 33.2. The summed E-state index contributed by atoms with van der Waals surface area (Å²) in [5.74, 6) is -4.83. The molecular weight excluding hydrogens is 490 g/mol. The third-order valence-electron chi connectivity index (χ3n) is 6.63. The summed E-state index contributed by atoms with van der Waals surface area (Å²) < 4.78 is 25.3. The quantitative estimate of drug-likeness (QED) is 0.211. The number of nitrogens with one attached hydrogen (secondary N) is 2. The van der Waals surface area contributed by atoms with Gasteiger partial charge in [-0.15, -0.1) is 11.8 Å². The van der Waals surface area contributed by atoms with Gasteiger partial charge in [0.1, 0.15) is 5.70 Å². The van der Waals surface area contributed by atoms with E-state index >= 15 is 0 Å². The van der Waals surface area contributed by atoms with Crippen molar-refractivity contribution in [2.75, 3.05) is 32.8 Å². The van der Waals surface area contributed by atoms with Crippen molar-refractivity contribution in [3.8, 4) is 0 Å². The van der Waals surface area contributed by atoms with Gasteiger partial charge < -0.3 is 35.8 Å². The van der Waals surface area contributed by atoms with Crippen LogP contribution in [0.1, 0.15) is 20.3 Å². The predicted octanol–water partition coefficient (Wildman–Crippen LogP) is -1.19. The number of nitrogens with zero attached hydrogens (tertiary/aromatic N) is 2. The molecule has 5 N–H and O–H groups in total. The van der Waals surface area contributed by atoms with Crippen molar-refractivity contribution in [1.29, 1.82) is 0 Å². The number of fused-ring (bicyclic) bond motifs is 1. The molecule has 0 radical (unpaired) electrons. The first kappa shape index (κ1) is 27.3. The van der Waals surface area contributed by atoms with Gasteiger partial charge in [-0.25, -0.2) is 4.79 Å². The lowest BCUT2D eigenvalue weighted by Crippen LogP contribution is -2.66. The van der Waals surface area contributed by atoms with Crippen molar-refractivity contribution in [3.63, 3.8) is 0 Å². The molecule has 3 aliphatic rings. The highest BCUT2D eigenvalue weighted by Gasteiger charge is 2.60. The minimum Gasteiger partial charge on any atom is -0.477 e. The first-order chi connectivity index (χ1) is 16.5. The monoisotopic (exact) mass is 520 g/mol. The minimum absolute atomic E-state index is 0.0845. The summed E-state index contributed by atoms with van der Waals surface area (Å²) in [6.07, 6.45) is -2.84. The Kier molecular flexibility index (Phi) is 8.72. The number of halogens is 2. The molecule has 3 amide bonds. The van der Waals surface area contributed by atoms with Gasteiger partial charge in [-0.3, -0.25) is 14.4 Å². The topological polar surface area (TPSA) is 160 Å².